The zero-order valence-corrected chi connectivity index (χ0v) is 9.70. The van der Waals surface area contributed by atoms with E-state index in [2.05, 4.69) is 0 Å². The summed E-state index contributed by atoms with van der Waals surface area (Å²) in [6.45, 7) is 0.427. The molecule has 7 heteroatoms. The highest BCUT2D eigenvalue weighted by Crippen LogP contribution is 2.43. The fourth-order valence-electron chi connectivity index (χ4n) is 0.973. The van der Waals surface area contributed by atoms with Crippen molar-refractivity contribution in [2.45, 2.75) is 22.2 Å². The van der Waals surface area contributed by atoms with Crippen molar-refractivity contribution in [2.75, 3.05) is 0 Å². The molecule has 1 aromatic carbocycles. The lowest BCUT2D eigenvalue weighted by Crippen LogP contribution is -2.44. The Balaban J connectivity index is 3.35. The van der Waals surface area contributed by atoms with Crippen LogP contribution in [0.5, 0.6) is 0 Å². The number of rotatable bonds is 2. The first-order chi connectivity index (χ1) is 7.11. The second-order valence-corrected chi connectivity index (χ2v) is 6.51. The smallest absolute Gasteiger partial charge is 0.222 e. The first kappa shape index (κ1) is 13.3. The highest BCUT2D eigenvalue weighted by molar-refractivity contribution is 7.94. The number of alkyl halides is 4. The van der Waals surface area contributed by atoms with Gasteiger partial charge in [-0.25, -0.2) is 8.42 Å². The molecule has 16 heavy (non-hydrogen) atoms. The molecule has 0 heterocycles. The number of hydrogen-bond acceptors (Lipinski definition) is 2. The van der Waals surface area contributed by atoms with E-state index in [-0.39, 0.29) is 0 Å². The van der Waals surface area contributed by atoms with Crippen LogP contribution in [0.4, 0.5) is 13.2 Å². The third-order valence-corrected chi connectivity index (χ3v) is 5.02. The summed E-state index contributed by atoms with van der Waals surface area (Å²) >= 11 is 5.13. The molecule has 1 aromatic rings. The van der Waals surface area contributed by atoms with Gasteiger partial charge < -0.3 is 0 Å². The summed E-state index contributed by atoms with van der Waals surface area (Å²) in [6, 6.07) is 6.30. The second-order valence-electron chi connectivity index (χ2n) is 3.23. The van der Waals surface area contributed by atoms with Crippen LogP contribution >= 0.6 is 11.6 Å². The lowest BCUT2D eigenvalue weighted by Gasteiger charge is -2.24. The zero-order chi connectivity index (χ0) is 12.6. The second kappa shape index (κ2) is 3.92. The summed E-state index contributed by atoms with van der Waals surface area (Å²) < 4.78 is 57.5. The fourth-order valence-corrected chi connectivity index (χ4v) is 2.50. The van der Waals surface area contributed by atoms with E-state index in [4.69, 9.17) is 11.6 Å². The van der Waals surface area contributed by atoms with Crippen LogP contribution in [0.2, 0.25) is 0 Å². The van der Waals surface area contributed by atoms with E-state index in [0.29, 0.717) is 6.92 Å². The van der Waals surface area contributed by atoms with Gasteiger partial charge in [0.25, 0.3) is 0 Å². The van der Waals surface area contributed by atoms with Gasteiger partial charge in [0.1, 0.15) is 0 Å². The molecular formula is C9H8ClF3O2S. The Bertz CT molecular complexity index is 465. The molecule has 0 amide bonds. The maximum Gasteiger partial charge on any atom is 0.421 e. The van der Waals surface area contributed by atoms with Crippen molar-refractivity contribution in [3.05, 3.63) is 30.3 Å². The average Bonchev–Trinajstić information content (AvgIpc) is 2.17. The zero-order valence-electron chi connectivity index (χ0n) is 8.12. The molecule has 1 rings (SSSR count). The van der Waals surface area contributed by atoms with Gasteiger partial charge >= 0.3 is 6.18 Å². The Morgan fingerprint density at radius 3 is 1.94 bits per heavy atom. The summed E-state index contributed by atoms with van der Waals surface area (Å²) in [5.74, 6) is 0. The van der Waals surface area contributed by atoms with Crippen molar-refractivity contribution in [2.24, 2.45) is 0 Å². The lowest BCUT2D eigenvalue weighted by atomic mass is 10.4. The third kappa shape index (κ3) is 2.04. The van der Waals surface area contributed by atoms with Gasteiger partial charge in [0.05, 0.1) is 4.90 Å². The largest absolute Gasteiger partial charge is 0.421 e. The van der Waals surface area contributed by atoms with Crippen molar-refractivity contribution in [1.29, 1.82) is 0 Å². The van der Waals surface area contributed by atoms with Crippen LogP contribution in [-0.4, -0.2) is 18.8 Å². The number of hydrogen-bond donors (Lipinski definition) is 0. The van der Waals surface area contributed by atoms with Gasteiger partial charge in [-0.05, 0) is 19.1 Å². The van der Waals surface area contributed by atoms with Gasteiger partial charge in [0.15, 0.2) is 0 Å². The van der Waals surface area contributed by atoms with Crippen LogP contribution in [0.1, 0.15) is 6.92 Å². The molecule has 0 fully saturated rings. The standard InChI is InChI=1S/C9H8ClF3O2S/c1-8(10,9(11,12)13)16(14,15)7-5-3-2-4-6-7/h2-6H,1H3. The number of benzene rings is 1. The van der Waals surface area contributed by atoms with Crippen LogP contribution in [0.25, 0.3) is 0 Å². The molecule has 0 saturated carbocycles. The van der Waals surface area contributed by atoms with Crippen molar-refractivity contribution >= 4 is 21.4 Å². The number of sulfone groups is 1. The SMILES string of the molecule is CC(Cl)(C(F)(F)F)S(=O)(=O)c1ccccc1. The van der Waals surface area contributed by atoms with E-state index in [0.717, 1.165) is 12.1 Å². The van der Waals surface area contributed by atoms with Crippen LogP contribution < -0.4 is 0 Å². The minimum absolute atomic E-state index is 0.427. The Kier molecular flexibility index (Phi) is 3.27. The Morgan fingerprint density at radius 2 is 1.56 bits per heavy atom. The first-order valence-electron chi connectivity index (χ1n) is 4.16. The summed E-state index contributed by atoms with van der Waals surface area (Å²) in [5, 5.41) is 0. The summed E-state index contributed by atoms with van der Waals surface area (Å²) in [6.07, 6.45) is -5.04. The van der Waals surface area contributed by atoms with Gasteiger partial charge in [0, 0.05) is 0 Å². The van der Waals surface area contributed by atoms with E-state index >= 15 is 0 Å². The molecule has 0 bridgehead atoms. The van der Waals surface area contributed by atoms with Gasteiger partial charge in [-0.3, -0.25) is 0 Å². The molecule has 0 aromatic heterocycles. The van der Waals surface area contributed by atoms with Crippen molar-refractivity contribution in [3.63, 3.8) is 0 Å². The van der Waals surface area contributed by atoms with Crippen molar-refractivity contribution in [3.8, 4) is 0 Å². The van der Waals surface area contributed by atoms with E-state index in [9.17, 15) is 21.6 Å². The van der Waals surface area contributed by atoms with Crippen molar-refractivity contribution in [1.82, 2.24) is 0 Å². The molecule has 0 saturated heterocycles. The third-order valence-electron chi connectivity index (χ3n) is 2.06. The summed E-state index contributed by atoms with van der Waals surface area (Å²) in [5.41, 5.74) is 0. The van der Waals surface area contributed by atoms with Gasteiger partial charge in [-0.2, -0.15) is 13.2 Å². The molecule has 1 unspecified atom stereocenters. The molecule has 2 nitrogen and oxygen atoms in total. The molecule has 0 aliphatic heterocycles. The molecule has 0 spiro atoms. The van der Waals surface area contributed by atoms with Gasteiger partial charge in [0.2, 0.25) is 14.0 Å². The molecule has 0 N–H and O–H groups in total. The highest BCUT2D eigenvalue weighted by atomic mass is 35.5. The molecule has 0 aliphatic carbocycles. The van der Waals surface area contributed by atoms with E-state index in [1.807, 2.05) is 0 Å². The Morgan fingerprint density at radius 1 is 1.12 bits per heavy atom. The van der Waals surface area contributed by atoms with E-state index in [1.165, 1.54) is 18.2 Å². The molecular weight excluding hydrogens is 265 g/mol. The minimum Gasteiger partial charge on any atom is -0.222 e. The Hall–Kier alpha value is -0.750. The minimum atomic E-state index is -5.04. The molecule has 0 radical (unpaired) electrons. The van der Waals surface area contributed by atoms with Crippen LogP contribution in [0.3, 0.4) is 0 Å². The van der Waals surface area contributed by atoms with Crippen molar-refractivity contribution < 1.29 is 21.6 Å². The Labute approximate surface area is 96.0 Å². The highest BCUT2D eigenvalue weighted by Gasteiger charge is 2.59. The maximum atomic E-state index is 12.5. The van der Waals surface area contributed by atoms with E-state index in [1.54, 1.807) is 0 Å². The average molecular weight is 273 g/mol. The van der Waals surface area contributed by atoms with Gasteiger partial charge in [-0.1, -0.05) is 29.8 Å². The monoisotopic (exact) mass is 272 g/mol. The maximum absolute atomic E-state index is 12.5. The lowest BCUT2D eigenvalue weighted by molar-refractivity contribution is -0.137. The topological polar surface area (TPSA) is 34.1 Å². The van der Waals surface area contributed by atoms with Crippen LogP contribution in [-0.2, 0) is 9.84 Å². The predicted molar refractivity (Wildman–Crippen MR) is 53.9 cm³/mol. The normalized spacial score (nSPS) is 16.8. The quantitative estimate of drug-likeness (QED) is 0.776. The number of halogens is 4. The molecule has 0 aliphatic rings. The van der Waals surface area contributed by atoms with Crippen LogP contribution in [0, 0.1) is 0 Å². The first-order valence-corrected chi connectivity index (χ1v) is 6.02. The molecule has 1 atom stereocenters. The fraction of sp³-hybridized carbons (Fsp3) is 0.333. The summed E-state index contributed by atoms with van der Waals surface area (Å²) in [7, 11) is -4.66. The van der Waals surface area contributed by atoms with Crippen LogP contribution in [0.15, 0.2) is 35.2 Å². The predicted octanol–water partition coefficient (Wildman–Crippen LogP) is 2.98. The summed E-state index contributed by atoms with van der Waals surface area (Å²) in [4.78, 5) is -0.454. The molecule has 90 valence electrons. The van der Waals surface area contributed by atoms with E-state index < -0.39 is 25.1 Å². The van der Waals surface area contributed by atoms with Gasteiger partial charge in [-0.15, -0.1) is 0 Å².